The van der Waals surface area contributed by atoms with Gasteiger partial charge >= 0.3 is 0 Å². The van der Waals surface area contributed by atoms with Crippen LogP contribution in [0.15, 0.2) is 4.52 Å². The first-order valence-electron chi connectivity index (χ1n) is 6.24. The Morgan fingerprint density at radius 3 is 2.69 bits per heavy atom. The van der Waals surface area contributed by atoms with E-state index >= 15 is 0 Å². The van der Waals surface area contributed by atoms with Crippen molar-refractivity contribution in [3.63, 3.8) is 0 Å². The molecule has 1 heterocycles. The molecule has 1 fully saturated rings. The summed E-state index contributed by atoms with van der Waals surface area (Å²) in [6.07, 6.45) is 4.94. The maximum atomic E-state index is 5.58. The van der Waals surface area contributed by atoms with Gasteiger partial charge in [0.25, 0.3) is 0 Å². The highest BCUT2D eigenvalue weighted by atomic mass is 16.5. The van der Waals surface area contributed by atoms with Crippen molar-refractivity contribution in [2.45, 2.75) is 51.4 Å². The summed E-state index contributed by atoms with van der Waals surface area (Å²) in [6, 6.07) is 0. The van der Waals surface area contributed by atoms with Crippen molar-refractivity contribution in [3.05, 3.63) is 11.7 Å². The van der Waals surface area contributed by atoms with E-state index in [4.69, 9.17) is 10.3 Å². The quantitative estimate of drug-likeness (QED) is 0.854. The molecule has 0 spiro atoms. The van der Waals surface area contributed by atoms with Gasteiger partial charge in [-0.25, -0.2) is 0 Å². The molecule has 0 aliphatic heterocycles. The SMILES string of the molecule is CC1CCC(c2noc(C(C)CN)n2)CC1. The van der Waals surface area contributed by atoms with E-state index in [1.54, 1.807) is 0 Å². The molecule has 16 heavy (non-hydrogen) atoms. The minimum atomic E-state index is 0.170. The first-order chi connectivity index (χ1) is 7.70. The summed E-state index contributed by atoms with van der Waals surface area (Å²) in [5, 5.41) is 4.09. The van der Waals surface area contributed by atoms with Gasteiger partial charge in [-0.3, -0.25) is 0 Å². The molecule has 1 aliphatic rings. The lowest BCUT2D eigenvalue weighted by Gasteiger charge is -2.23. The first kappa shape index (κ1) is 11.6. The molecular weight excluding hydrogens is 202 g/mol. The molecule has 1 aromatic rings. The lowest BCUT2D eigenvalue weighted by atomic mass is 9.83. The van der Waals surface area contributed by atoms with E-state index in [1.807, 2.05) is 6.92 Å². The van der Waals surface area contributed by atoms with Crippen LogP contribution >= 0.6 is 0 Å². The molecule has 1 atom stereocenters. The highest BCUT2D eigenvalue weighted by molar-refractivity contribution is 5.00. The Morgan fingerprint density at radius 1 is 1.38 bits per heavy atom. The fourth-order valence-corrected chi connectivity index (χ4v) is 2.23. The number of nitrogens with two attached hydrogens (primary N) is 1. The summed E-state index contributed by atoms with van der Waals surface area (Å²) in [4.78, 5) is 4.47. The van der Waals surface area contributed by atoms with Gasteiger partial charge in [-0.05, 0) is 18.8 Å². The highest BCUT2D eigenvalue weighted by Crippen LogP contribution is 2.34. The van der Waals surface area contributed by atoms with Gasteiger partial charge in [-0.2, -0.15) is 4.98 Å². The van der Waals surface area contributed by atoms with Crippen LogP contribution in [0.5, 0.6) is 0 Å². The van der Waals surface area contributed by atoms with Crippen LogP contribution in [0.25, 0.3) is 0 Å². The van der Waals surface area contributed by atoms with Crippen LogP contribution in [0.1, 0.15) is 63.1 Å². The number of nitrogens with zero attached hydrogens (tertiary/aromatic N) is 2. The predicted molar refractivity (Wildman–Crippen MR) is 62.1 cm³/mol. The standard InChI is InChI=1S/C12H21N3O/c1-8-3-5-10(6-4-8)11-14-12(16-15-11)9(2)7-13/h8-10H,3-7,13H2,1-2H3. The first-order valence-corrected chi connectivity index (χ1v) is 6.24. The second-order valence-electron chi connectivity index (χ2n) is 5.08. The lowest BCUT2D eigenvalue weighted by Crippen LogP contribution is -2.12. The Hall–Kier alpha value is -0.900. The summed E-state index contributed by atoms with van der Waals surface area (Å²) in [6.45, 7) is 4.89. The van der Waals surface area contributed by atoms with Gasteiger partial charge in [0.2, 0.25) is 5.89 Å². The smallest absolute Gasteiger partial charge is 0.230 e. The zero-order valence-corrected chi connectivity index (χ0v) is 10.1. The Bertz CT molecular complexity index is 329. The molecule has 1 saturated carbocycles. The molecule has 0 bridgehead atoms. The largest absolute Gasteiger partial charge is 0.339 e. The van der Waals surface area contributed by atoms with Gasteiger partial charge in [-0.1, -0.05) is 31.8 Å². The van der Waals surface area contributed by atoms with Gasteiger partial charge in [0.15, 0.2) is 5.82 Å². The summed E-state index contributed by atoms with van der Waals surface area (Å²) in [5.41, 5.74) is 5.58. The van der Waals surface area contributed by atoms with Crippen molar-refractivity contribution in [2.24, 2.45) is 11.7 Å². The third kappa shape index (κ3) is 2.43. The average Bonchev–Trinajstić information content (AvgIpc) is 2.78. The Labute approximate surface area is 96.6 Å². The minimum absolute atomic E-state index is 0.170. The highest BCUT2D eigenvalue weighted by Gasteiger charge is 2.24. The van der Waals surface area contributed by atoms with E-state index < -0.39 is 0 Å². The summed E-state index contributed by atoms with van der Waals surface area (Å²) in [7, 11) is 0. The van der Waals surface area contributed by atoms with Crippen molar-refractivity contribution >= 4 is 0 Å². The van der Waals surface area contributed by atoms with E-state index in [2.05, 4.69) is 17.1 Å². The number of rotatable bonds is 3. The number of hydrogen-bond acceptors (Lipinski definition) is 4. The molecule has 0 saturated heterocycles. The third-order valence-corrected chi connectivity index (χ3v) is 3.61. The fraction of sp³-hybridized carbons (Fsp3) is 0.833. The molecule has 4 heteroatoms. The maximum absolute atomic E-state index is 5.58. The fourth-order valence-electron chi connectivity index (χ4n) is 2.23. The van der Waals surface area contributed by atoms with Gasteiger partial charge in [0, 0.05) is 18.4 Å². The molecule has 2 rings (SSSR count). The second kappa shape index (κ2) is 4.95. The predicted octanol–water partition coefficient (Wildman–Crippen LogP) is 2.43. The molecular formula is C12H21N3O. The van der Waals surface area contributed by atoms with Crippen LogP contribution in [0.4, 0.5) is 0 Å². The summed E-state index contributed by atoms with van der Waals surface area (Å²) < 4.78 is 5.26. The van der Waals surface area contributed by atoms with Gasteiger partial charge in [0.05, 0.1) is 0 Å². The van der Waals surface area contributed by atoms with E-state index in [9.17, 15) is 0 Å². The van der Waals surface area contributed by atoms with Crippen LogP contribution in [-0.4, -0.2) is 16.7 Å². The normalized spacial score (nSPS) is 27.9. The van der Waals surface area contributed by atoms with E-state index in [0.717, 1.165) is 11.7 Å². The van der Waals surface area contributed by atoms with Crippen LogP contribution in [0.3, 0.4) is 0 Å². The monoisotopic (exact) mass is 223 g/mol. The zero-order chi connectivity index (χ0) is 11.5. The Balaban J connectivity index is 2.01. The molecule has 0 aromatic carbocycles. The van der Waals surface area contributed by atoms with Gasteiger partial charge in [0.1, 0.15) is 0 Å². The molecule has 0 amide bonds. The molecule has 90 valence electrons. The topological polar surface area (TPSA) is 64.9 Å². The molecule has 0 radical (unpaired) electrons. The van der Waals surface area contributed by atoms with Gasteiger partial charge < -0.3 is 10.3 Å². The Kier molecular flexibility index (Phi) is 3.59. The third-order valence-electron chi connectivity index (χ3n) is 3.61. The number of hydrogen-bond donors (Lipinski definition) is 1. The van der Waals surface area contributed by atoms with Gasteiger partial charge in [-0.15, -0.1) is 0 Å². The van der Waals surface area contributed by atoms with Crippen molar-refractivity contribution in [1.29, 1.82) is 0 Å². The van der Waals surface area contributed by atoms with Crippen LogP contribution in [0, 0.1) is 5.92 Å². The molecule has 1 aliphatic carbocycles. The van der Waals surface area contributed by atoms with Crippen molar-refractivity contribution in [2.75, 3.05) is 6.54 Å². The maximum Gasteiger partial charge on any atom is 0.230 e. The molecule has 4 nitrogen and oxygen atoms in total. The number of aromatic nitrogens is 2. The molecule has 2 N–H and O–H groups in total. The van der Waals surface area contributed by atoms with Crippen molar-refractivity contribution < 1.29 is 4.52 Å². The van der Waals surface area contributed by atoms with E-state index in [-0.39, 0.29) is 5.92 Å². The minimum Gasteiger partial charge on any atom is -0.339 e. The van der Waals surface area contributed by atoms with E-state index in [0.29, 0.717) is 18.4 Å². The summed E-state index contributed by atoms with van der Waals surface area (Å²) >= 11 is 0. The molecule has 1 unspecified atom stereocenters. The lowest BCUT2D eigenvalue weighted by molar-refractivity contribution is 0.320. The van der Waals surface area contributed by atoms with Crippen molar-refractivity contribution in [1.82, 2.24) is 10.1 Å². The summed E-state index contributed by atoms with van der Waals surface area (Å²) in [5.74, 6) is 3.10. The van der Waals surface area contributed by atoms with E-state index in [1.165, 1.54) is 25.7 Å². The molecule has 1 aromatic heterocycles. The average molecular weight is 223 g/mol. The van der Waals surface area contributed by atoms with Crippen LogP contribution < -0.4 is 5.73 Å². The van der Waals surface area contributed by atoms with Crippen molar-refractivity contribution in [3.8, 4) is 0 Å². The second-order valence-corrected chi connectivity index (χ2v) is 5.08. The Morgan fingerprint density at radius 2 is 2.06 bits per heavy atom. The zero-order valence-electron chi connectivity index (χ0n) is 10.1. The van der Waals surface area contributed by atoms with Crippen LogP contribution in [-0.2, 0) is 0 Å². The van der Waals surface area contributed by atoms with Crippen LogP contribution in [0.2, 0.25) is 0 Å².